The summed E-state index contributed by atoms with van der Waals surface area (Å²) in [5, 5.41) is 19.4. The van der Waals surface area contributed by atoms with E-state index in [1.165, 1.54) is 17.0 Å². The van der Waals surface area contributed by atoms with Crippen molar-refractivity contribution >= 4 is 33.6 Å². The number of urea groups is 1. The number of hydrogen-bond acceptors (Lipinski definition) is 8. The van der Waals surface area contributed by atoms with Crippen LogP contribution in [0.25, 0.3) is 0 Å². The number of carbonyl (C=O) groups is 4. The summed E-state index contributed by atoms with van der Waals surface area (Å²) in [6.07, 6.45) is 3.99. The fourth-order valence-electron chi connectivity index (χ4n) is 8.96. The molecule has 3 saturated carbocycles. The van der Waals surface area contributed by atoms with Gasteiger partial charge in [-0.15, -0.1) is 0 Å². The first kappa shape index (κ1) is 41.5. The Bertz CT molecular complexity index is 1890. The lowest BCUT2D eigenvalue weighted by Gasteiger charge is -2.40. The number of primary amides is 1. The van der Waals surface area contributed by atoms with Gasteiger partial charge in [-0.1, -0.05) is 103 Å². The van der Waals surface area contributed by atoms with E-state index in [0.29, 0.717) is 31.6 Å². The molecule has 4 fully saturated rings. The maximum atomic E-state index is 14.6. The van der Waals surface area contributed by atoms with Crippen molar-refractivity contribution in [2.75, 3.05) is 12.3 Å². The van der Waals surface area contributed by atoms with Gasteiger partial charge in [0.05, 0.1) is 22.2 Å². The molecule has 0 radical (unpaired) electrons. The molecule has 2 aromatic carbocycles. The first-order chi connectivity index (χ1) is 26.3. The zero-order valence-electron chi connectivity index (χ0n) is 33.3. The second-order valence-corrected chi connectivity index (χ2v) is 20.3. The van der Waals surface area contributed by atoms with E-state index in [4.69, 9.17) is 10.5 Å². The minimum absolute atomic E-state index is 0.0533. The topological polar surface area (TPSA) is 197 Å². The molecule has 2 aromatic rings. The highest BCUT2D eigenvalue weighted by atomic mass is 32.2. The van der Waals surface area contributed by atoms with Gasteiger partial charge in [-0.3, -0.25) is 14.4 Å². The van der Waals surface area contributed by atoms with Crippen molar-refractivity contribution in [2.45, 2.75) is 127 Å². The molecule has 6 atom stereocenters. The van der Waals surface area contributed by atoms with Crippen LogP contribution in [0.15, 0.2) is 59.5 Å². The number of nitrogens with one attached hydrogen (secondary N) is 3. The van der Waals surface area contributed by atoms with Gasteiger partial charge in [0.2, 0.25) is 17.7 Å². The van der Waals surface area contributed by atoms with Gasteiger partial charge < -0.3 is 36.4 Å². The number of likely N-dealkylation sites (tertiary alicyclic amines) is 1. The first-order valence-electron chi connectivity index (χ1n) is 20.0. The molecule has 6 rings (SSSR count). The van der Waals surface area contributed by atoms with Crippen LogP contribution in [0.4, 0.5) is 4.79 Å². The summed E-state index contributed by atoms with van der Waals surface area (Å²) in [6, 6.07) is 12.5. The Morgan fingerprint density at radius 1 is 0.982 bits per heavy atom. The highest BCUT2D eigenvalue weighted by Crippen LogP contribution is 2.65. The van der Waals surface area contributed by atoms with Gasteiger partial charge in [0.1, 0.15) is 24.4 Å². The Balaban J connectivity index is 1.17. The van der Waals surface area contributed by atoms with Crippen LogP contribution in [-0.4, -0.2) is 84.2 Å². The van der Waals surface area contributed by atoms with Crippen LogP contribution in [0.1, 0.15) is 91.5 Å². The van der Waals surface area contributed by atoms with E-state index in [2.05, 4.69) is 29.8 Å². The van der Waals surface area contributed by atoms with Crippen molar-refractivity contribution in [3.05, 3.63) is 60.2 Å². The highest BCUT2D eigenvalue weighted by Gasteiger charge is 2.70. The molecular formula is C42H59N5O8S. The maximum absolute atomic E-state index is 14.6. The number of nitrogens with two attached hydrogens (primary N) is 1. The molecule has 0 aromatic heterocycles. The van der Waals surface area contributed by atoms with Gasteiger partial charge in [0, 0.05) is 6.54 Å². The number of nitrogens with zero attached hydrogens (tertiary/aromatic N) is 1. The number of aliphatic hydroxyl groups excluding tert-OH is 1. The molecule has 13 nitrogen and oxygen atoms in total. The Labute approximate surface area is 330 Å². The van der Waals surface area contributed by atoms with E-state index in [9.17, 15) is 32.7 Å². The Hall–Kier alpha value is -4.17. The zero-order chi connectivity index (χ0) is 40.6. The van der Waals surface area contributed by atoms with E-state index in [-0.39, 0.29) is 40.4 Å². The predicted octanol–water partition coefficient (Wildman–Crippen LogP) is 4.07. The summed E-state index contributed by atoms with van der Waals surface area (Å²) < 4.78 is 33.9. The summed E-state index contributed by atoms with van der Waals surface area (Å²) >= 11 is 0. The van der Waals surface area contributed by atoms with Gasteiger partial charge in [-0.25, -0.2) is 13.2 Å². The largest absolute Gasteiger partial charge is 0.489 e. The van der Waals surface area contributed by atoms with Gasteiger partial charge >= 0.3 is 6.03 Å². The number of rotatable bonds is 15. The van der Waals surface area contributed by atoms with Crippen molar-refractivity contribution < 1.29 is 37.4 Å². The molecule has 6 N–H and O–H groups in total. The first-order valence-corrected chi connectivity index (χ1v) is 21.6. The van der Waals surface area contributed by atoms with Crippen LogP contribution in [0, 0.1) is 28.6 Å². The summed E-state index contributed by atoms with van der Waals surface area (Å²) in [4.78, 5) is 56.2. The third-order valence-corrected chi connectivity index (χ3v) is 14.4. The molecule has 306 valence electrons. The van der Waals surface area contributed by atoms with E-state index < -0.39 is 68.8 Å². The molecular weight excluding hydrogens is 735 g/mol. The van der Waals surface area contributed by atoms with Crippen LogP contribution >= 0.6 is 0 Å². The summed E-state index contributed by atoms with van der Waals surface area (Å²) in [7, 11) is -3.90. The zero-order valence-corrected chi connectivity index (χ0v) is 34.1. The number of piperidine rings is 1. The number of aliphatic hydroxyl groups is 1. The lowest BCUT2D eigenvalue weighted by atomic mass is 9.83. The van der Waals surface area contributed by atoms with Crippen LogP contribution in [0.5, 0.6) is 5.75 Å². The van der Waals surface area contributed by atoms with Gasteiger partial charge in [0.25, 0.3) is 0 Å². The highest BCUT2D eigenvalue weighted by molar-refractivity contribution is 7.91. The van der Waals surface area contributed by atoms with Gasteiger partial charge in [-0.2, -0.15) is 0 Å². The summed E-state index contributed by atoms with van der Waals surface area (Å²) in [5.41, 5.74) is 4.31. The number of benzene rings is 2. The standard InChI is InChI=1S/C42H59N5O8S/c1-40(2,3)35(38(51)47-23-30-32(41(30,4)5)33(47)37(50)44-31(21-26-17-18-26)34(48)36(43)49)45-39(52)46-42(19-10-7-11-20-42)25-56(53,54)29-16-12-15-28(22-29)55-24-27-13-8-6-9-14-27/h6,8-9,12-16,22,26,30-35,48H,7,10-11,17-21,23-25H2,1-5H3,(H2,43,49)(H,44,50)(H2,45,46,52)/t30?,31?,32-,33-,34?,35+/m0/s1. The van der Waals surface area contributed by atoms with Crippen LogP contribution in [-0.2, 0) is 30.8 Å². The fraction of sp³-hybridized carbons (Fsp3) is 0.619. The van der Waals surface area contributed by atoms with E-state index in [1.807, 2.05) is 51.1 Å². The van der Waals surface area contributed by atoms with Crippen LogP contribution in [0.3, 0.4) is 0 Å². The molecule has 0 bridgehead atoms. The Morgan fingerprint density at radius 3 is 2.29 bits per heavy atom. The van der Waals surface area contributed by atoms with Crippen LogP contribution < -0.4 is 26.4 Å². The molecule has 1 heterocycles. The molecule has 1 aliphatic heterocycles. The van der Waals surface area contributed by atoms with E-state index >= 15 is 0 Å². The number of fused-ring (bicyclic) bond motifs is 1. The number of hydrogen-bond donors (Lipinski definition) is 5. The fourth-order valence-corrected chi connectivity index (χ4v) is 10.8. The van der Waals surface area contributed by atoms with Crippen molar-refractivity contribution in [1.29, 1.82) is 0 Å². The average Bonchev–Trinajstić information content (AvgIpc) is 3.99. The van der Waals surface area contributed by atoms with E-state index in [0.717, 1.165) is 37.7 Å². The molecule has 5 amide bonds. The number of ether oxygens (including phenoxy) is 1. The number of amides is 5. The smallest absolute Gasteiger partial charge is 0.315 e. The van der Waals surface area contributed by atoms with Gasteiger partial charge in [-0.05, 0) is 71.6 Å². The molecule has 3 unspecified atom stereocenters. The lowest BCUT2D eigenvalue weighted by molar-refractivity contribution is -0.144. The van der Waals surface area contributed by atoms with Crippen molar-refractivity contribution in [1.82, 2.24) is 20.9 Å². The maximum Gasteiger partial charge on any atom is 0.315 e. The third kappa shape index (κ3) is 9.33. The van der Waals surface area contributed by atoms with Crippen molar-refractivity contribution in [3.63, 3.8) is 0 Å². The Kier molecular flexibility index (Phi) is 11.8. The molecule has 0 spiro atoms. The average molecular weight is 794 g/mol. The number of sulfone groups is 1. The van der Waals surface area contributed by atoms with Crippen molar-refractivity contribution in [2.24, 2.45) is 34.3 Å². The molecule has 4 aliphatic rings. The molecule has 1 saturated heterocycles. The minimum atomic E-state index is -3.90. The SMILES string of the molecule is CC(C)(C)[C@H](NC(=O)NC1(CS(=O)(=O)c2cccc(OCc3ccccc3)c2)CCCCC1)C(=O)N1CC2[C@@H]([C@H]1C(=O)NC(CC1CC1)C(O)C(N)=O)C2(C)C. The summed E-state index contributed by atoms with van der Waals surface area (Å²) in [5.74, 6) is -1.53. The van der Waals surface area contributed by atoms with Gasteiger partial charge in [0.15, 0.2) is 15.9 Å². The monoisotopic (exact) mass is 793 g/mol. The summed E-state index contributed by atoms with van der Waals surface area (Å²) in [6.45, 7) is 10.2. The predicted molar refractivity (Wildman–Crippen MR) is 211 cm³/mol. The second kappa shape index (κ2) is 16.0. The van der Waals surface area contributed by atoms with Crippen LogP contribution in [0.2, 0.25) is 0 Å². The second-order valence-electron chi connectivity index (χ2n) is 18.3. The molecule has 56 heavy (non-hydrogen) atoms. The normalized spacial score (nSPS) is 24.2. The third-order valence-electron chi connectivity index (χ3n) is 12.5. The van der Waals surface area contributed by atoms with Crippen molar-refractivity contribution in [3.8, 4) is 5.75 Å². The minimum Gasteiger partial charge on any atom is -0.489 e. The van der Waals surface area contributed by atoms with E-state index in [1.54, 1.807) is 12.1 Å². The molecule has 3 aliphatic carbocycles. The number of carbonyl (C=O) groups excluding carboxylic acids is 4. The lowest BCUT2D eigenvalue weighted by Crippen LogP contribution is -2.64. The quantitative estimate of drug-likeness (QED) is 0.178. The molecule has 14 heteroatoms. The Morgan fingerprint density at radius 2 is 1.66 bits per heavy atom.